The number of ether oxygens (including phenoxy) is 1. The Morgan fingerprint density at radius 1 is 1.15 bits per heavy atom. The highest BCUT2D eigenvalue weighted by atomic mass is 16.5. The molecule has 27 heavy (non-hydrogen) atoms. The quantitative estimate of drug-likeness (QED) is 0.699. The zero-order valence-corrected chi connectivity index (χ0v) is 16.0. The van der Waals surface area contributed by atoms with Gasteiger partial charge in [-0.25, -0.2) is 14.2 Å². The van der Waals surface area contributed by atoms with Crippen molar-refractivity contribution in [2.75, 3.05) is 26.3 Å². The second-order valence-electron chi connectivity index (χ2n) is 6.92. The van der Waals surface area contributed by atoms with Gasteiger partial charge in [0.15, 0.2) is 11.5 Å². The van der Waals surface area contributed by atoms with Gasteiger partial charge in [-0.05, 0) is 44.9 Å². The van der Waals surface area contributed by atoms with Gasteiger partial charge in [-0.1, -0.05) is 0 Å². The van der Waals surface area contributed by atoms with E-state index in [0.29, 0.717) is 39.1 Å². The van der Waals surface area contributed by atoms with Crippen LogP contribution in [-0.4, -0.2) is 61.5 Å². The zero-order valence-electron chi connectivity index (χ0n) is 16.0. The van der Waals surface area contributed by atoms with E-state index in [-0.39, 0.29) is 5.91 Å². The fraction of sp³-hybridized carbons (Fsp3) is 0.474. The lowest BCUT2D eigenvalue weighted by Gasteiger charge is -2.26. The van der Waals surface area contributed by atoms with Crippen LogP contribution >= 0.6 is 0 Å². The summed E-state index contributed by atoms with van der Waals surface area (Å²) in [5.41, 5.74) is 4.86. The number of carbonyl (C=O) groups is 1. The number of amides is 1. The van der Waals surface area contributed by atoms with Crippen LogP contribution in [0.3, 0.4) is 0 Å². The number of hydrogen-bond acceptors (Lipinski definition) is 5. The van der Waals surface area contributed by atoms with Gasteiger partial charge in [-0.15, -0.1) is 5.10 Å². The fourth-order valence-corrected chi connectivity index (χ4v) is 3.55. The Hall–Kier alpha value is -2.74. The van der Waals surface area contributed by atoms with Gasteiger partial charge in [-0.2, -0.15) is 5.10 Å². The maximum absolute atomic E-state index is 12.4. The lowest BCUT2D eigenvalue weighted by molar-refractivity contribution is -0.135. The number of morpholine rings is 1. The van der Waals surface area contributed by atoms with Gasteiger partial charge in [0, 0.05) is 25.2 Å². The molecule has 142 valence electrons. The molecule has 8 heteroatoms. The third-order valence-electron chi connectivity index (χ3n) is 5.13. The van der Waals surface area contributed by atoms with E-state index in [1.165, 1.54) is 0 Å². The second-order valence-corrected chi connectivity index (χ2v) is 6.92. The topological polar surface area (TPSA) is 77.6 Å². The lowest BCUT2D eigenvalue weighted by atomic mass is 10.1. The molecule has 4 rings (SSSR count). The molecule has 3 aromatic heterocycles. The Bertz CT molecular complexity index is 984. The molecule has 4 heterocycles. The number of rotatable bonds is 4. The first-order valence-corrected chi connectivity index (χ1v) is 9.27. The van der Waals surface area contributed by atoms with Crippen LogP contribution in [0.1, 0.15) is 29.1 Å². The average molecular weight is 368 g/mol. The highest BCUT2D eigenvalue weighted by Crippen LogP contribution is 2.19. The van der Waals surface area contributed by atoms with Gasteiger partial charge in [0.25, 0.3) is 0 Å². The van der Waals surface area contributed by atoms with Crippen LogP contribution in [0.4, 0.5) is 0 Å². The summed E-state index contributed by atoms with van der Waals surface area (Å²) in [4.78, 5) is 18.6. The first kappa shape index (κ1) is 17.7. The van der Waals surface area contributed by atoms with Crippen molar-refractivity contribution in [3.63, 3.8) is 0 Å². The summed E-state index contributed by atoms with van der Waals surface area (Å²) in [7, 11) is 0. The zero-order chi connectivity index (χ0) is 19.0. The van der Waals surface area contributed by atoms with Crippen molar-refractivity contribution in [3.8, 4) is 5.82 Å². The summed E-state index contributed by atoms with van der Waals surface area (Å²) in [6.45, 7) is 8.61. The van der Waals surface area contributed by atoms with Gasteiger partial charge < -0.3 is 9.64 Å². The third-order valence-corrected chi connectivity index (χ3v) is 5.13. The SMILES string of the molecule is Cc1nn(-c2ccc3ncc(C)n3n2)c(C)c1CCC(=O)N1CCOCC1. The van der Waals surface area contributed by atoms with Gasteiger partial charge >= 0.3 is 0 Å². The van der Waals surface area contributed by atoms with Crippen molar-refractivity contribution in [1.29, 1.82) is 0 Å². The Morgan fingerprint density at radius 3 is 2.70 bits per heavy atom. The molecule has 0 radical (unpaired) electrons. The number of aryl methyl sites for hydroxylation is 2. The summed E-state index contributed by atoms with van der Waals surface area (Å²) in [6, 6.07) is 3.86. The van der Waals surface area contributed by atoms with E-state index in [2.05, 4.69) is 15.2 Å². The van der Waals surface area contributed by atoms with E-state index in [1.807, 2.05) is 47.0 Å². The Balaban J connectivity index is 1.55. The summed E-state index contributed by atoms with van der Waals surface area (Å²) in [5, 5.41) is 9.32. The average Bonchev–Trinajstić information content (AvgIpc) is 3.20. The Labute approximate surface area is 157 Å². The van der Waals surface area contributed by atoms with Crippen molar-refractivity contribution >= 4 is 11.6 Å². The molecular weight excluding hydrogens is 344 g/mol. The molecule has 8 nitrogen and oxygen atoms in total. The van der Waals surface area contributed by atoms with Crippen molar-refractivity contribution in [2.45, 2.75) is 33.6 Å². The summed E-state index contributed by atoms with van der Waals surface area (Å²) in [5.74, 6) is 0.924. The first-order chi connectivity index (χ1) is 13.0. The van der Waals surface area contributed by atoms with Crippen LogP contribution in [0.2, 0.25) is 0 Å². The highest BCUT2D eigenvalue weighted by molar-refractivity contribution is 5.76. The smallest absolute Gasteiger partial charge is 0.223 e. The minimum absolute atomic E-state index is 0.179. The number of imidazole rings is 1. The van der Waals surface area contributed by atoms with Crippen molar-refractivity contribution < 1.29 is 9.53 Å². The number of fused-ring (bicyclic) bond motifs is 1. The highest BCUT2D eigenvalue weighted by Gasteiger charge is 2.19. The van der Waals surface area contributed by atoms with Gasteiger partial charge in [0.1, 0.15) is 0 Å². The molecule has 0 aliphatic carbocycles. The van der Waals surface area contributed by atoms with Gasteiger partial charge in [0.05, 0.1) is 30.8 Å². The molecule has 1 saturated heterocycles. The van der Waals surface area contributed by atoms with Crippen LogP contribution in [0, 0.1) is 20.8 Å². The third kappa shape index (κ3) is 3.32. The number of nitrogens with zero attached hydrogens (tertiary/aromatic N) is 6. The van der Waals surface area contributed by atoms with E-state index in [1.54, 1.807) is 6.20 Å². The van der Waals surface area contributed by atoms with Crippen molar-refractivity contribution in [2.24, 2.45) is 0 Å². The molecule has 0 unspecified atom stereocenters. The first-order valence-electron chi connectivity index (χ1n) is 9.27. The van der Waals surface area contributed by atoms with Crippen LogP contribution in [0.25, 0.3) is 11.5 Å². The molecular formula is C19H24N6O2. The molecule has 0 saturated carbocycles. The van der Waals surface area contributed by atoms with E-state index in [0.717, 1.165) is 34.1 Å². The predicted octanol–water partition coefficient (Wildman–Crippen LogP) is 1.63. The van der Waals surface area contributed by atoms with Crippen LogP contribution in [0.15, 0.2) is 18.3 Å². The van der Waals surface area contributed by atoms with Crippen LogP contribution in [0.5, 0.6) is 0 Å². The Kier molecular flexibility index (Phi) is 4.65. The molecule has 0 N–H and O–H groups in total. The van der Waals surface area contributed by atoms with E-state index >= 15 is 0 Å². The molecule has 1 aliphatic heterocycles. The Morgan fingerprint density at radius 2 is 1.93 bits per heavy atom. The normalized spacial score (nSPS) is 14.9. The molecule has 3 aromatic rings. The standard InChI is InChI=1S/C19H24N6O2/c1-13-12-20-17-5-6-18(22-24(13)17)25-15(3)16(14(2)21-25)4-7-19(26)23-8-10-27-11-9-23/h5-6,12H,4,7-11H2,1-3H3. The summed E-state index contributed by atoms with van der Waals surface area (Å²) >= 11 is 0. The molecule has 1 amide bonds. The lowest BCUT2D eigenvalue weighted by Crippen LogP contribution is -2.40. The van der Waals surface area contributed by atoms with E-state index in [4.69, 9.17) is 4.74 Å². The maximum atomic E-state index is 12.4. The van der Waals surface area contributed by atoms with Crippen molar-refractivity contribution in [1.82, 2.24) is 29.3 Å². The van der Waals surface area contributed by atoms with Crippen LogP contribution < -0.4 is 0 Å². The summed E-state index contributed by atoms with van der Waals surface area (Å²) in [6.07, 6.45) is 2.97. The predicted molar refractivity (Wildman–Crippen MR) is 100 cm³/mol. The van der Waals surface area contributed by atoms with Crippen molar-refractivity contribution in [3.05, 3.63) is 41.0 Å². The number of hydrogen-bond donors (Lipinski definition) is 0. The largest absolute Gasteiger partial charge is 0.378 e. The van der Waals surface area contributed by atoms with Gasteiger partial charge in [-0.3, -0.25) is 4.79 Å². The molecule has 0 spiro atoms. The fourth-order valence-electron chi connectivity index (χ4n) is 3.55. The van der Waals surface area contributed by atoms with Crippen LogP contribution in [-0.2, 0) is 16.0 Å². The second kappa shape index (κ2) is 7.11. The molecule has 0 aromatic carbocycles. The minimum Gasteiger partial charge on any atom is -0.378 e. The number of carbonyl (C=O) groups excluding carboxylic acids is 1. The van der Waals surface area contributed by atoms with Gasteiger partial charge in [0.2, 0.25) is 5.91 Å². The molecule has 1 fully saturated rings. The number of aromatic nitrogens is 5. The van der Waals surface area contributed by atoms with E-state index < -0.39 is 0 Å². The minimum atomic E-state index is 0.179. The molecule has 1 aliphatic rings. The van der Waals surface area contributed by atoms with E-state index in [9.17, 15) is 4.79 Å². The molecule has 0 atom stereocenters. The summed E-state index contributed by atoms with van der Waals surface area (Å²) < 4.78 is 8.98. The monoisotopic (exact) mass is 368 g/mol. The molecule has 0 bridgehead atoms. The maximum Gasteiger partial charge on any atom is 0.223 e.